The van der Waals surface area contributed by atoms with Gasteiger partial charge in [0.2, 0.25) is 0 Å². The van der Waals surface area contributed by atoms with Crippen molar-refractivity contribution in [3.63, 3.8) is 0 Å². The summed E-state index contributed by atoms with van der Waals surface area (Å²) in [7, 11) is 2.43. The van der Waals surface area contributed by atoms with E-state index < -0.39 is 29.0 Å². The number of fused-ring (bicyclic) bond motifs is 1. The molecular weight excluding hydrogens is 378 g/mol. The Morgan fingerprint density at radius 1 is 0.931 bits per heavy atom. The molecule has 8 heteroatoms. The van der Waals surface area contributed by atoms with Gasteiger partial charge in [-0.05, 0) is 57.8 Å². The van der Waals surface area contributed by atoms with Gasteiger partial charge in [-0.1, -0.05) is 5.57 Å². The van der Waals surface area contributed by atoms with Gasteiger partial charge in [-0.15, -0.1) is 0 Å². The lowest BCUT2D eigenvalue weighted by molar-refractivity contribution is -0.168. The maximum atomic E-state index is 12.8. The molecule has 29 heavy (non-hydrogen) atoms. The molecule has 1 saturated carbocycles. The molecule has 1 heterocycles. The summed E-state index contributed by atoms with van der Waals surface area (Å²) < 4.78 is 15.2. The molecule has 0 N–H and O–H groups in total. The average Bonchev–Trinajstić information content (AvgIpc) is 3.05. The zero-order chi connectivity index (χ0) is 22.1. The van der Waals surface area contributed by atoms with Crippen LogP contribution in [0.1, 0.15) is 47.5 Å². The third kappa shape index (κ3) is 4.36. The molecule has 0 spiro atoms. The molecule has 1 amide bonds. The molecule has 0 aromatic carbocycles. The van der Waals surface area contributed by atoms with Crippen LogP contribution in [-0.2, 0) is 28.6 Å². The van der Waals surface area contributed by atoms with Gasteiger partial charge in [-0.25, -0.2) is 4.79 Å². The second kappa shape index (κ2) is 8.00. The fourth-order valence-corrected chi connectivity index (χ4v) is 3.76. The van der Waals surface area contributed by atoms with Crippen molar-refractivity contribution in [2.24, 2.45) is 5.41 Å². The van der Waals surface area contributed by atoms with Crippen LogP contribution in [0, 0.1) is 5.41 Å². The number of ketones is 1. The predicted molar refractivity (Wildman–Crippen MR) is 104 cm³/mol. The third-order valence-electron chi connectivity index (χ3n) is 5.27. The Hall–Kier alpha value is -2.64. The minimum atomic E-state index is -1.53. The summed E-state index contributed by atoms with van der Waals surface area (Å²) in [4.78, 5) is 51.8. The molecule has 0 saturated heterocycles. The van der Waals surface area contributed by atoms with E-state index in [-0.39, 0.29) is 31.7 Å². The van der Waals surface area contributed by atoms with E-state index in [4.69, 9.17) is 14.2 Å². The highest BCUT2D eigenvalue weighted by atomic mass is 16.6. The number of nitrogens with zero attached hydrogens (tertiary/aromatic N) is 1. The standard InChI is InChI=1S/C21H29NO7/c1-12-10-22(19(26)29-20(3,4)5)11-16(23)13(2)15-9-21(8-14(12)15,17(24)27-6)18(25)28-7/h8-11H2,1-7H3/b14-12-,15-13-. The SMILES string of the molecule is COC(=O)C1(C(=O)OC)CC2=C(\C)CN(C(=O)OC(C)(C)C)CC(=O)/C(C)=C\2C1. The number of hydrogen-bond acceptors (Lipinski definition) is 7. The van der Waals surface area contributed by atoms with Crippen LogP contribution < -0.4 is 0 Å². The molecule has 1 aliphatic carbocycles. The fourth-order valence-electron chi connectivity index (χ4n) is 3.76. The number of rotatable bonds is 2. The second-order valence-electron chi connectivity index (χ2n) is 8.54. The number of Topliss-reactive ketones (excluding diaryl/α,β-unsaturated/α-hetero) is 1. The zero-order valence-corrected chi connectivity index (χ0v) is 18.1. The van der Waals surface area contributed by atoms with Crippen molar-refractivity contribution >= 4 is 23.8 Å². The topological polar surface area (TPSA) is 99.2 Å². The smallest absolute Gasteiger partial charge is 0.410 e. The van der Waals surface area contributed by atoms with Crippen molar-refractivity contribution in [2.75, 3.05) is 27.3 Å². The lowest BCUT2D eigenvalue weighted by Gasteiger charge is -2.29. The molecule has 0 aromatic heterocycles. The van der Waals surface area contributed by atoms with Crippen LogP contribution in [0.4, 0.5) is 4.79 Å². The third-order valence-corrected chi connectivity index (χ3v) is 5.27. The number of methoxy groups -OCH3 is 2. The number of carbonyl (C=O) groups excluding carboxylic acids is 4. The monoisotopic (exact) mass is 407 g/mol. The summed E-state index contributed by atoms with van der Waals surface area (Å²) in [6, 6.07) is 0. The van der Waals surface area contributed by atoms with E-state index in [1.165, 1.54) is 19.1 Å². The molecule has 0 aromatic rings. The minimum Gasteiger partial charge on any atom is -0.468 e. The molecule has 1 aliphatic heterocycles. The average molecular weight is 407 g/mol. The van der Waals surface area contributed by atoms with E-state index >= 15 is 0 Å². The molecule has 8 nitrogen and oxygen atoms in total. The maximum Gasteiger partial charge on any atom is 0.410 e. The Kier molecular flexibility index (Phi) is 6.25. The summed E-state index contributed by atoms with van der Waals surface area (Å²) in [6.45, 7) is 8.74. The number of carbonyl (C=O) groups is 4. The van der Waals surface area contributed by atoms with Crippen LogP contribution >= 0.6 is 0 Å². The number of esters is 2. The number of hydrogen-bond donors (Lipinski definition) is 0. The van der Waals surface area contributed by atoms with Crippen LogP contribution in [0.3, 0.4) is 0 Å². The second-order valence-corrected chi connectivity index (χ2v) is 8.54. The molecule has 2 rings (SSSR count). The van der Waals surface area contributed by atoms with Gasteiger partial charge in [0.1, 0.15) is 5.60 Å². The number of allylic oxidation sites excluding steroid dienone is 2. The molecule has 0 bridgehead atoms. The van der Waals surface area contributed by atoms with Crippen molar-refractivity contribution in [2.45, 2.75) is 53.1 Å². The number of ether oxygens (including phenoxy) is 3. The molecule has 0 radical (unpaired) electrons. The first kappa shape index (κ1) is 22.6. The van der Waals surface area contributed by atoms with Crippen LogP contribution in [0.2, 0.25) is 0 Å². The van der Waals surface area contributed by atoms with Crippen molar-refractivity contribution in [1.82, 2.24) is 4.90 Å². The van der Waals surface area contributed by atoms with E-state index in [9.17, 15) is 19.2 Å². The van der Waals surface area contributed by atoms with E-state index in [0.29, 0.717) is 16.7 Å². The van der Waals surface area contributed by atoms with E-state index in [0.717, 1.165) is 5.57 Å². The summed E-state index contributed by atoms with van der Waals surface area (Å²) in [5.74, 6) is -1.66. The summed E-state index contributed by atoms with van der Waals surface area (Å²) in [5.41, 5.74) is 0.331. The fraction of sp³-hybridized carbons (Fsp3) is 0.619. The van der Waals surface area contributed by atoms with Gasteiger partial charge in [-0.2, -0.15) is 0 Å². The molecule has 0 atom stereocenters. The van der Waals surface area contributed by atoms with Crippen molar-refractivity contribution in [3.05, 3.63) is 22.3 Å². The highest BCUT2D eigenvalue weighted by Crippen LogP contribution is 2.49. The van der Waals surface area contributed by atoms with Crippen molar-refractivity contribution in [3.8, 4) is 0 Å². The van der Waals surface area contributed by atoms with Gasteiger partial charge in [0, 0.05) is 13.0 Å². The van der Waals surface area contributed by atoms with Crippen LogP contribution in [0.5, 0.6) is 0 Å². The van der Waals surface area contributed by atoms with Crippen LogP contribution in [0.15, 0.2) is 22.3 Å². The molecule has 1 fully saturated rings. The highest BCUT2D eigenvalue weighted by Gasteiger charge is 2.55. The first-order valence-corrected chi connectivity index (χ1v) is 9.43. The van der Waals surface area contributed by atoms with E-state index in [1.54, 1.807) is 27.7 Å². The summed E-state index contributed by atoms with van der Waals surface area (Å²) in [5, 5.41) is 0. The minimum absolute atomic E-state index is 0.0308. The van der Waals surface area contributed by atoms with Gasteiger partial charge in [0.05, 0.1) is 20.8 Å². The van der Waals surface area contributed by atoms with Gasteiger partial charge in [0.15, 0.2) is 11.2 Å². The van der Waals surface area contributed by atoms with Crippen LogP contribution in [-0.4, -0.2) is 61.6 Å². The molecule has 160 valence electrons. The Labute approximate surface area is 170 Å². The van der Waals surface area contributed by atoms with Crippen molar-refractivity contribution in [1.29, 1.82) is 0 Å². The normalized spacial score (nSPS) is 24.4. The van der Waals surface area contributed by atoms with E-state index in [2.05, 4.69) is 0 Å². The summed E-state index contributed by atoms with van der Waals surface area (Å²) in [6.07, 6.45) is -0.504. The first-order valence-electron chi connectivity index (χ1n) is 9.43. The lowest BCUT2D eigenvalue weighted by Crippen LogP contribution is -2.41. The van der Waals surface area contributed by atoms with E-state index in [1.807, 2.05) is 6.92 Å². The van der Waals surface area contributed by atoms with Gasteiger partial charge >= 0.3 is 18.0 Å². The Morgan fingerprint density at radius 2 is 1.45 bits per heavy atom. The largest absolute Gasteiger partial charge is 0.468 e. The Bertz CT molecular complexity index is 797. The molecule has 2 aliphatic rings. The van der Waals surface area contributed by atoms with Gasteiger partial charge in [0.25, 0.3) is 0 Å². The zero-order valence-electron chi connectivity index (χ0n) is 18.1. The lowest BCUT2D eigenvalue weighted by atomic mass is 9.85. The predicted octanol–water partition coefficient (Wildman–Crippen LogP) is 2.57. The quantitative estimate of drug-likeness (QED) is 0.394. The molecular formula is C21H29NO7. The maximum absolute atomic E-state index is 12.8. The van der Waals surface area contributed by atoms with Gasteiger partial charge in [-0.3, -0.25) is 19.3 Å². The van der Waals surface area contributed by atoms with Gasteiger partial charge < -0.3 is 14.2 Å². The Balaban J connectivity index is 2.52. The molecule has 0 unspecified atom stereocenters. The summed E-state index contributed by atoms with van der Waals surface area (Å²) >= 11 is 0. The first-order chi connectivity index (χ1) is 13.4. The highest BCUT2D eigenvalue weighted by molar-refractivity contribution is 6.04. The van der Waals surface area contributed by atoms with Crippen molar-refractivity contribution < 1.29 is 33.4 Å². The number of amides is 1. The van der Waals surface area contributed by atoms with Crippen LogP contribution in [0.25, 0.3) is 0 Å². The Morgan fingerprint density at radius 3 is 1.93 bits per heavy atom.